The Morgan fingerprint density at radius 2 is 1.96 bits per heavy atom. The van der Waals surface area contributed by atoms with Crippen LogP contribution < -0.4 is 4.90 Å². The van der Waals surface area contributed by atoms with E-state index in [0.717, 1.165) is 22.6 Å². The highest BCUT2D eigenvalue weighted by Gasteiger charge is 2.20. The lowest BCUT2D eigenvalue weighted by molar-refractivity contribution is 0.215. The van der Waals surface area contributed by atoms with E-state index in [0.29, 0.717) is 6.54 Å². The number of aliphatic hydroxyl groups excluding tert-OH is 1. The third kappa shape index (κ3) is 4.18. The first-order valence-corrected chi connectivity index (χ1v) is 9.16. The molecule has 0 fully saturated rings. The third-order valence-corrected chi connectivity index (χ3v) is 5.00. The molecule has 0 bridgehead atoms. The molecular weight excluding hydrogens is 330 g/mol. The molecule has 0 saturated heterocycles. The van der Waals surface area contributed by atoms with Crippen LogP contribution in [0.25, 0.3) is 6.08 Å². The van der Waals surface area contributed by atoms with Gasteiger partial charge in [-0.1, -0.05) is 42.0 Å². The Bertz CT molecular complexity index is 815. The summed E-state index contributed by atoms with van der Waals surface area (Å²) < 4.78 is 0. The van der Waals surface area contributed by atoms with Crippen molar-refractivity contribution in [3.8, 4) is 0 Å². The standard InChI is InChI=1S/C20H23N3OS/c1-14-6-8-17(9-7-14)10-11-19(24)23(13-18-5-4-12-25-18)20-15(2)21-22-16(20)3/h4-12,19,24H,13H2,1-3H3,(H,21,22)/b11-10+. The Hall–Kier alpha value is -2.37. The molecule has 1 atom stereocenters. The minimum absolute atomic E-state index is 0.637. The second-order valence-corrected chi connectivity index (χ2v) is 7.21. The van der Waals surface area contributed by atoms with Crippen LogP contribution in [-0.2, 0) is 6.54 Å². The molecule has 2 heterocycles. The van der Waals surface area contributed by atoms with Gasteiger partial charge in [0.25, 0.3) is 0 Å². The quantitative estimate of drug-likeness (QED) is 0.644. The number of aliphatic hydroxyl groups is 1. The number of hydrogen-bond acceptors (Lipinski definition) is 4. The van der Waals surface area contributed by atoms with Gasteiger partial charge in [0.2, 0.25) is 0 Å². The Balaban J connectivity index is 1.86. The van der Waals surface area contributed by atoms with Crippen molar-refractivity contribution in [2.75, 3.05) is 4.90 Å². The molecule has 0 amide bonds. The van der Waals surface area contributed by atoms with Gasteiger partial charge in [0.1, 0.15) is 6.23 Å². The third-order valence-electron chi connectivity index (χ3n) is 4.14. The monoisotopic (exact) mass is 353 g/mol. The number of aryl methyl sites for hydroxylation is 3. The number of thiophene rings is 1. The topological polar surface area (TPSA) is 52.1 Å². The van der Waals surface area contributed by atoms with Crippen molar-refractivity contribution in [2.24, 2.45) is 0 Å². The summed E-state index contributed by atoms with van der Waals surface area (Å²) in [6.45, 7) is 6.64. The van der Waals surface area contributed by atoms with E-state index in [1.54, 1.807) is 11.3 Å². The Kier molecular flexibility index (Phi) is 5.36. The van der Waals surface area contributed by atoms with Gasteiger partial charge in [-0.05, 0) is 43.9 Å². The SMILES string of the molecule is Cc1ccc(/C=C/C(O)N(Cc2cccs2)c2c(C)n[nH]c2C)cc1. The van der Waals surface area contributed by atoms with Crippen molar-refractivity contribution >= 4 is 23.1 Å². The molecule has 4 nitrogen and oxygen atoms in total. The molecule has 2 aromatic heterocycles. The van der Waals surface area contributed by atoms with E-state index in [1.807, 2.05) is 37.0 Å². The normalized spacial score (nSPS) is 12.6. The molecule has 0 spiro atoms. The van der Waals surface area contributed by atoms with Crippen molar-refractivity contribution in [2.45, 2.75) is 33.5 Å². The van der Waals surface area contributed by atoms with E-state index in [2.05, 4.69) is 52.8 Å². The van der Waals surface area contributed by atoms with Crippen molar-refractivity contribution in [1.82, 2.24) is 10.2 Å². The minimum Gasteiger partial charge on any atom is -0.370 e. The molecule has 0 aliphatic heterocycles. The summed E-state index contributed by atoms with van der Waals surface area (Å²) in [5, 5.41) is 20.2. The largest absolute Gasteiger partial charge is 0.370 e. The lowest BCUT2D eigenvalue weighted by Crippen LogP contribution is -2.33. The Morgan fingerprint density at radius 3 is 2.56 bits per heavy atom. The second kappa shape index (κ2) is 7.68. The van der Waals surface area contributed by atoms with Crippen molar-refractivity contribution in [3.63, 3.8) is 0 Å². The van der Waals surface area contributed by atoms with Gasteiger partial charge in [-0.15, -0.1) is 11.3 Å². The zero-order valence-corrected chi connectivity index (χ0v) is 15.5. The smallest absolute Gasteiger partial charge is 0.146 e. The molecule has 2 N–H and O–H groups in total. The predicted octanol–water partition coefficient (Wildman–Crippen LogP) is 4.43. The number of nitrogens with one attached hydrogen (secondary N) is 1. The number of nitrogens with zero attached hydrogens (tertiary/aromatic N) is 2. The fourth-order valence-corrected chi connectivity index (χ4v) is 3.52. The van der Waals surface area contributed by atoms with Gasteiger partial charge in [-0.25, -0.2) is 0 Å². The summed E-state index contributed by atoms with van der Waals surface area (Å²) in [5.74, 6) is 0. The number of aromatic nitrogens is 2. The molecule has 130 valence electrons. The van der Waals surface area contributed by atoms with E-state index in [9.17, 15) is 5.11 Å². The Labute approximate surface area is 152 Å². The molecule has 1 unspecified atom stereocenters. The van der Waals surface area contributed by atoms with E-state index < -0.39 is 6.23 Å². The molecule has 3 aromatic rings. The van der Waals surface area contributed by atoms with Crippen molar-refractivity contribution < 1.29 is 5.11 Å². The van der Waals surface area contributed by atoms with Crippen molar-refractivity contribution in [1.29, 1.82) is 0 Å². The summed E-state index contributed by atoms with van der Waals surface area (Å²) in [7, 11) is 0. The second-order valence-electron chi connectivity index (χ2n) is 6.17. The number of rotatable bonds is 6. The summed E-state index contributed by atoms with van der Waals surface area (Å²) in [4.78, 5) is 3.17. The van der Waals surface area contributed by atoms with Crippen molar-refractivity contribution in [3.05, 3.63) is 75.2 Å². The summed E-state index contributed by atoms with van der Waals surface area (Å²) in [6, 6.07) is 12.4. The number of aromatic amines is 1. The van der Waals surface area contributed by atoms with Gasteiger partial charge in [0.05, 0.1) is 23.6 Å². The highest BCUT2D eigenvalue weighted by Crippen LogP contribution is 2.27. The van der Waals surface area contributed by atoms with Crippen LogP contribution in [0.15, 0.2) is 47.9 Å². The molecule has 0 radical (unpaired) electrons. The highest BCUT2D eigenvalue weighted by atomic mass is 32.1. The van der Waals surface area contributed by atoms with Crippen LogP contribution in [-0.4, -0.2) is 21.5 Å². The molecule has 1 aromatic carbocycles. The highest BCUT2D eigenvalue weighted by molar-refractivity contribution is 7.09. The van der Waals surface area contributed by atoms with E-state index in [-0.39, 0.29) is 0 Å². The summed E-state index contributed by atoms with van der Waals surface area (Å²) in [5.41, 5.74) is 5.09. The molecule has 3 rings (SSSR count). The summed E-state index contributed by atoms with van der Waals surface area (Å²) in [6.07, 6.45) is 3.04. The Morgan fingerprint density at radius 1 is 1.20 bits per heavy atom. The molecule has 5 heteroatoms. The zero-order valence-electron chi connectivity index (χ0n) is 14.7. The number of hydrogen-bond donors (Lipinski definition) is 2. The van der Waals surface area contributed by atoms with Gasteiger partial charge in [-0.2, -0.15) is 5.10 Å². The predicted molar refractivity (Wildman–Crippen MR) is 105 cm³/mol. The maximum absolute atomic E-state index is 10.8. The number of benzene rings is 1. The van der Waals surface area contributed by atoms with Gasteiger partial charge >= 0.3 is 0 Å². The first-order valence-electron chi connectivity index (χ1n) is 8.28. The molecular formula is C20H23N3OS. The van der Waals surface area contributed by atoms with Crippen LogP contribution >= 0.6 is 11.3 Å². The average Bonchev–Trinajstić information content (AvgIpc) is 3.22. The van der Waals surface area contributed by atoms with Crippen LogP contribution in [0.5, 0.6) is 0 Å². The zero-order chi connectivity index (χ0) is 17.8. The van der Waals surface area contributed by atoms with Crippen LogP contribution in [0, 0.1) is 20.8 Å². The number of anilines is 1. The lowest BCUT2D eigenvalue weighted by atomic mass is 10.1. The minimum atomic E-state index is -0.738. The summed E-state index contributed by atoms with van der Waals surface area (Å²) >= 11 is 1.69. The van der Waals surface area contributed by atoms with Crippen LogP contribution in [0.2, 0.25) is 0 Å². The molecule has 25 heavy (non-hydrogen) atoms. The fourth-order valence-electron chi connectivity index (χ4n) is 2.82. The number of H-pyrrole nitrogens is 1. The maximum atomic E-state index is 10.8. The van der Waals surface area contributed by atoms with E-state index >= 15 is 0 Å². The van der Waals surface area contributed by atoms with Gasteiger partial charge in [-0.3, -0.25) is 5.10 Å². The van der Waals surface area contributed by atoms with Crippen LogP contribution in [0.3, 0.4) is 0 Å². The fraction of sp³-hybridized carbons (Fsp3) is 0.250. The maximum Gasteiger partial charge on any atom is 0.146 e. The average molecular weight is 353 g/mol. The molecule has 0 aliphatic carbocycles. The lowest BCUT2D eigenvalue weighted by Gasteiger charge is -2.28. The first kappa shape index (κ1) is 17.5. The van der Waals surface area contributed by atoms with Crippen LogP contribution in [0.1, 0.15) is 27.4 Å². The first-order chi connectivity index (χ1) is 12.0. The van der Waals surface area contributed by atoms with Gasteiger partial charge in [0, 0.05) is 4.88 Å². The molecule has 0 aliphatic rings. The van der Waals surface area contributed by atoms with E-state index in [4.69, 9.17) is 0 Å². The van der Waals surface area contributed by atoms with Gasteiger partial charge in [0.15, 0.2) is 0 Å². The van der Waals surface area contributed by atoms with E-state index in [1.165, 1.54) is 10.4 Å². The molecule has 0 saturated carbocycles. The van der Waals surface area contributed by atoms with Crippen LogP contribution in [0.4, 0.5) is 5.69 Å². The van der Waals surface area contributed by atoms with Gasteiger partial charge < -0.3 is 10.0 Å².